The van der Waals surface area contributed by atoms with E-state index in [0.29, 0.717) is 0 Å². The highest BCUT2D eigenvalue weighted by Crippen LogP contribution is 2.28. The van der Waals surface area contributed by atoms with Crippen molar-refractivity contribution in [2.75, 3.05) is 6.54 Å². The van der Waals surface area contributed by atoms with Crippen LogP contribution in [-0.4, -0.2) is 12.5 Å². The zero-order valence-electron chi connectivity index (χ0n) is 9.00. The number of carbonyl (C=O) groups excluding carboxylic acids is 1. The Hall–Kier alpha value is -1.66. The van der Waals surface area contributed by atoms with Crippen LogP contribution in [0.2, 0.25) is 0 Å². The summed E-state index contributed by atoms with van der Waals surface area (Å²) in [7, 11) is 0. The van der Waals surface area contributed by atoms with E-state index in [-0.39, 0.29) is 12.5 Å². The van der Waals surface area contributed by atoms with Crippen LogP contribution in [0.1, 0.15) is 23.2 Å². The summed E-state index contributed by atoms with van der Waals surface area (Å²) in [5.41, 5.74) is -1.44. The second-order valence-corrected chi connectivity index (χ2v) is 4.10. The highest BCUT2D eigenvalue weighted by Gasteiger charge is 2.30. The molecule has 0 aromatic heterocycles. The van der Waals surface area contributed by atoms with E-state index in [9.17, 15) is 26.7 Å². The third-order valence-electron chi connectivity index (χ3n) is 2.69. The fraction of sp³-hybridized carbons (Fsp3) is 0.364. The van der Waals surface area contributed by atoms with Gasteiger partial charge in [-0.25, -0.2) is 22.0 Å². The summed E-state index contributed by atoms with van der Waals surface area (Å²) in [5, 5.41) is 2.14. The Balaban J connectivity index is 2.33. The van der Waals surface area contributed by atoms with E-state index in [1.54, 1.807) is 0 Å². The largest absolute Gasteiger partial charge is 0.352 e. The van der Waals surface area contributed by atoms with Crippen molar-refractivity contribution in [3.63, 3.8) is 0 Å². The van der Waals surface area contributed by atoms with E-state index >= 15 is 0 Å². The van der Waals surface area contributed by atoms with Crippen molar-refractivity contribution in [2.24, 2.45) is 5.92 Å². The van der Waals surface area contributed by atoms with Gasteiger partial charge >= 0.3 is 0 Å². The van der Waals surface area contributed by atoms with Gasteiger partial charge in [0.2, 0.25) is 5.82 Å². The van der Waals surface area contributed by atoms with Crippen molar-refractivity contribution in [3.8, 4) is 0 Å². The van der Waals surface area contributed by atoms with Crippen molar-refractivity contribution in [2.45, 2.75) is 12.8 Å². The number of nitrogens with one attached hydrogen (secondary N) is 1. The molecule has 1 aromatic carbocycles. The minimum Gasteiger partial charge on any atom is -0.352 e. The molecule has 0 radical (unpaired) electrons. The molecular weight excluding hydrogens is 257 g/mol. The van der Waals surface area contributed by atoms with Gasteiger partial charge < -0.3 is 5.32 Å². The summed E-state index contributed by atoms with van der Waals surface area (Å²) in [6, 6.07) is 0. The Bertz CT molecular complexity index is 484. The van der Waals surface area contributed by atoms with Crippen molar-refractivity contribution in [1.29, 1.82) is 0 Å². The van der Waals surface area contributed by atoms with E-state index in [2.05, 4.69) is 5.32 Å². The first kappa shape index (κ1) is 12.8. The SMILES string of the molecule is O=C(NCC1CC1)c1c(F)c(F)c(F)c(F)c1F. The van der Waals surface area contributed by atoms with Crippen LogP contribution in [0, 0.1) is 35.0 Å². The maximum absolute atomic E-state index is 13.2. The maximum atomic E-state index is 13.2. The predicted molar refractivity (Wildman–Crippen MR) is 51.3 cm³/mol. The molecule has 0 heterocycles. The molecule has 1 aromatic rings. The van der Waals surface area contributed by atoms with Gasteiger partial charge in [0.15, 0.2) is 23.3 Å². The second kappa shape index (κ2) is 4.55. The number of rotatable bonds is 3. The monoisotopic (exact) mass is 265 g/mol. The lowest BCUT2D eigenvalue weighted by molar-refractivity contribution is 0.0940. The average molecular weight is 265 g/mol. The molecule has 0 atom stereocenters. The molecule has 0 aliphatic heterocycles. The van der Waals surface area contributed by atoms with E-state index in [1.807, 2.05) is 0 Å². The molecule has 1 aliphatic carbocycles. The quantitative estimate of drug-likeness (QED) is 0.508. The highest BCUT2D eigenvalue weighted by atomic mass is 19.2. The summed E-state index contributed by atoms with van der Waals surface area (Å²) in [4.78, 5) is 11.4. The molecule has 2 nitrogen and oxygen atoms in total. The molecule has 1 N–H and O–H groups in total. The van der Waals surface area contributed by atoms with Crippen LogP contribution in [0.25, 0.3) is 0 Å². The number of benzene rings is 1. The first-order valence-corrected chi connectivity index (χ1v) is 5.23. The van der Waals surface area contributed by atoms with E-state index in [1.165, 1.54) is 0 Å². The Morgan fingerprint density at radius 1 is 0.944 bits per heavy atom. The third kappa shape index (κ3) is 2.16. The molecule has 18 heavy (non-hydrogen) atoms. The summed E-state index contributed by atoms with van der Waals surface area (Å²) in [5.74, 6) is -11.8. The standard InChI is InChI=1S/C11H8F5NO/c12-6-5(11(18)17-3-4-1-2-4)7(13)9(15)10(16)8(6)14/h4H,1-3H2,(H,17,18). The first-order valence-electron chi connectivity index (χ1n) is 5.23. The van der Waals surface area contributed by atoms with Crippen molar-refractivity contribution in [3.05, 3.63) is 34.6 Å². The average Bonchev–Trinajstić information content (AvgIpc) is 3.15. The fourth-order valence-electron chi connectivity index (χ4n) is 1.45. The highest BCUT2D eigenvalue weighted by molar-refractivity contribution is 5.94. The van der Waals surface area contributed by atoms with Gasteiger partial charge in [-0.15, -0.1) is 0 Å². The number of halogens is 5. The van der Waals surface area contributed by atoms with E-state index in [0.717, 1.165) is 12.8 Å². The van der Waals surface area contributed by atoms with Gasteiger partial charge in [0.25, 0.3) is 5.91 Å². The molecule has 1 aliphatic rings. The van der Waals surface area contributed by atoms with Crippen LogP contribution in [0.3, 0.4) is 0 Å². The van der Waals surface area contributed by atoms with Crippen molar-refractivity contribution < 1.29 is 26.7 Å². The second-order valence-electron chi connectivity index (χ2n) is 4.10. The minimum atomic E-state index is -2.27. The van der Waals surface area contributed by atoms with Gasteiger partial charge in [0, 0.05) is 6.54 Å². The summed E-state index contributed by atoms with van der Waals surface area (Å²) >= 11 is 0. The van der Waals surface area contributed by atoms with Gasteiger partial charge in [-0.1, -0.05) is 0 Å². The normalized spacial score (nSPS) is 14.7. The van der Waals surface area contributed by atoms with Crippen LogP contribution in [0.5, 0.6) is 0 Å². The lowest BCUT2D eigenvalue weighted by Crippen LogP contribution is -2.28. The Labute approximate surface area is 98.8 Å². The molecule has 0 saturated heterocycles. The minimum absolute atomic E-state index is 0.165. The molecule has 98 valence electrons. The number of amides is 1. The molecule has 1 amide bonds. The zero-order valence-corrected chi connectivity index (χ0v) is 9.00. The van der Waals surface area contributed by atoms with Gasteiger partial charge in [0.05, 0.1) is 0 Å². The van der Waals surface area contributed by atoms with Crippen LogP contribution >= 0.6 is 0 Å². The molecular formula is C11H8F5NO. The number of hydrogen-bond acceptors (Lipinski definition) is 1. The van der Waals surface area contributed by atoms with Crippen molar-refractivity contribution >= 4 is 5.91 Å². The summed E-state index contributed by atoms with van der Waals surface area (Å²) < 4.78 is 64.8. The predicted octanol–water partition coefficient (Wildman–Crippen LogP) is 2.52. The van der Waals surface area contributed by atoms with Gasteiger partial charge in [-0.2, -0.15) is 0 Å². The Kier molecular flexibility index (Phi) is 3.23. The number of hydrogen-bond donors (Lipinski definition) is 1. The van der Waals surface area contributed by atoms with Crippen LogP contribution < -0.4 is 5.32 Å². The fourth-order valence-corrected chi connectivity index (χ4v) is 1.45. The topological polar surface area (TPSA) is 29.1 Å². The van der Waals surface area contributed by atoms with Crippen LogP contribution in [-0.2, 0) is 0 Å². The lowest BCUT2D eigenvalue weighted by Gasteiger charge is -2.08. The molecule has 0 bridgehead atoms. The summed E-state index contributed by atoms with van der Waals surface area (Å²) in [6.07, 6.45) is 1.74. The molecule has 0 unspecified atom stereocenters. The Morgan fingerprint density at radius 3 is 1.83 bits per heavy atom. The van der Waals surface area contributed by atoms with Gasteiger partial charge in [0.1, 0.15) is 5.56 Å². The maximum Gasteiger partial charge on any atom is 0.257 e. The molecule has 2 rings (SSSR count). The summed E-state index contributed by atoms with van der Waals surface area (Å²) in [6.45, 7) is 0.165. The third-order valence-corrected chi connectivity index (χ3v) is 2.69. The molecule has 1 fully saturated rings. The zero-order chi connectivity index (χ0) is 13.4. The Morgan fingerprint density at radius 2 is 1.39 bits per heavy atom. The van der Waals surface area contributed by atoms with E-state index in [4.69, 9.17) is 0 Å². The van der Waals surface area contributed by atoms with Gasteiger partial charge in [-0.05, 0) is 18.8 Å². The first-order chi connectivity index (χ1) is 8.43. The molecule has 7 heteroatoms. The van der Waals surface area contributed by atoms with Gasteiger partial charge in [-0.3, -0.25) is 4.79 Å². The molecule has 1 saturated carbocycles. The van der Waals surface area contributed by atoms with Crippen LogP contribution in [0.4, 0.5) is 22.0 Å². The van der Waals surface area contributed by atoms with Crippen molar-refractivity contribution in [1.82, 2.24) is 5.32 Å². The molecule has 0 spiro atoms. The lowest BCUT2D eigenvalue weighted by atomic mass is 10.1. The van der Waals surface area contributed by atoms with E-state index < -0.39 is 40.6 Å². The smallest absolute Gasteiger partial charge is 0.257 e. The number of carbonyl (C=O) groups is 1. The van der Waals surface area contributed by atoms with Crippen LogP contribution in [0.15, 0.2) is 0 Å².